The van der Waals surface area contributed by atoms with Crippen LogP contribution < -0.4 is 16.0 Å². The lowest BCUT2D eigenvalue weighted by Gasteiger charge is -2.16. The van der Waals surface area contributed by atoms with Crippen LogP contribution in [-0.4, -0.2) is 30.1 Å². The zero-order chi connectivity index (χ0) is 19.1. The van der Waals surface area contributed by atoms with E-state index >= 15 is 0 Å². The summed E-state index contributed by atoms with van der Waals surface area (Å²) < 4.78 is 0. The summed E-state index contributed by atoms with van der Waals surface area (Å²) in [6, 6.07) is 11.9. The van der Waals surface area contributed by atoms with Crippen LogP contribution in [0.4, 0.5) is 10.5 Å². The van der Waals surface area contributed by atoms with Gasteiger partial charge in [0.2, 0.25) is 0 Å². The number of urea groups is 1. The van der Waals surface area contributed by atoms with Crippen LogP contribution in [0.15, 0.2) is 42.5 Å². The summed E-state index contributed by atoms with van der Waals surface area (Å²) in [7, 11) is 1.57. The Hall–Kier alpha value is -3.02. The van der Waals surface area contributed by atoms with E-state index in [0.29, 0.717) is 11.3 Å². The smallest absolute Gasteiger partial charge is 0.319 e. The fourth-order valence-corrected chi connectivity index (χ4v) is 2.54. The molecule has 0 saturated carbocycles. The molecule has 0 aromatic heterocycles. The van der Waals surface area contributed by atoms with Gasteiger partial charge in [0.15, 0.2) is 0 Å². The first-order valence-electron chi connectivity index (χ1n) is 8.57. The zero-order valence-corrected chi connectivity index (χ0v) is 15.3. The van der Waals surface area contributed by atoms with Crippen LogP contribution in [0.2, 0.25) is 0 Å². The Morgan fingerprint density at radius 3 is 2.46 bits per heavy atom. The summed E-state index contributed by atoms with van der Waals surface area (Å²) in [5, 5.41) is 17.6. The van der Waals surface area contributed by atoms with Gasteiger partial charge in [-0.15, -0.1) is 0 Å². The lowest BCUT2D eigenvalue weighted by molar-refractivity contribution is 0.0963. The third-order valence-corrected chi connectivity index (χ3v) is 4.15. The second kappa shape index (κ2) is 8.89. The highest BCUT2D eigenvalue weighted by Gasteiger charge is 2.11. The molecule has 138 valence electrons. The number of nitrogens with one attached hydrogen (secondary N) is 3. The number of carbonyl (C=O) groups is 2. The second-order valence-corrected chi connectivity index (χ2v) is 6.31. The van der Waals surface area contributed by atoms with E-state index in [4.69, 9.17) is 0 Å². The number of hydrogen-bond donors (Lipinski definition) is 4. The van der Waals surface area contributed by atoms with Gasteiger partial charge in [-0.3, -0.25) is 4.79 Å². The number of amides is 3. The molecule has 4 N–H and O–H groups in total. The van der Waals surface area contributed by atoms with Crippen LogP contribution in [0.25, 0.3) is 0 Å². The Kier molecular flexibility index (Phi) is 6.60. The Morgan fingerprint density at radius 1 is 1.12 bits per heavy atom. The Labute approximate surface area is 153 Å². The highest BCUT2D eigenvalue weighted by Crippen LogP contribution is 2.17. The van der Waals surface area contributed by atoms with Crippen LogP contribution >= 0.6 is 0 Å². The Balaban J connectivity index is 1.89. The van der Waals surface area contributed by atoms with Crippen LogP contribution in [0, 0.1) is 6.92 Å². The van der Waals surface area contributed by atoms with E-state index < -0.39 is 0 Å². The van der Waals surface area contributed by atoms with E-state index in [9.17, 15) is 14.7 Å². The molecule has 0 heterocycles. The normalized spacial score (nSPS) is 11.5. The summed E-state index contributed by atoms with van der Waals surface area (Å²) in [6.07, 6.45) is 1.57. The van der Waals surface area contributed by atoms with Crippen molar-refractivity contribution >= 4 is 17.6 Å². The van der Waals surface area contributed by atoms with Crippen molar-refractivity contribution in [2.75, 3.05) is 12.4 Å². The minimum atomic E-state index is -0.305. The minimum Gasteiger partial charge on any atom is -0.508 e. The number of aryl methyl sites for hydroxylation is 2. The molecule has 0 spiro atoms. The van der Waals surface area contributed by atoms with Crippen molar-refractivity contribution in [3.8, 4) is 5.75 Å². The Bertz CT molecular complexity index is 772. The first kappa shape index (κ1) is 19.3. The summed E-state index contributed by atoms with van der Waals surface area (Å²) in [4.78, 5) is 24.0. The molecule has 0 aliphatic rings. The molecule has 1 atom stereocenters. The first-order chi connectivity index (χ1) is 12.4. The molecule has 2 rings (SSSR count). The molecule has 0 saturated heterocycles. The molecule has 2 aromatic carbocycles. The monoisotopic (exact) mass is 355 g/mol. The molecule has 0 unspecified atom stereocenters. The molecule has 0 radical (unpaired) electrons. The van der Waals surface area contributed by atoms with Gasteiger partial charge >= 0.3 is 6.03 Å². The SMILES string of the molecule is CNC(=O)c1ccc(C)c(NC(=O)N[C@@H](C)CCc2ccc(O)cc2)c1. The van der Waals surface area contributed by atoms with Crippen molar-refractivity contribution in [1.82, 2.24) is 10.6 Å². The Morgan fingerprint density at radius 2 is 1.81 bits per heavy atom. The highest BCUT2D eigenvalue weighted by molar-refractivity contribution is 5.97. The third-order valence-electron chi connectivity index (χ3n) is 4.15. The molecule has 0 aliphatic heterocycles. The zero-order valence-electron chi connectivity index (χ0n) is 15.3. The van der Waals surface area contributed by atoms with Crippen molar-refractivity contribution in [2.24, 2.45) is 0 Å². The largest absolute Gasteiger partial charge is 0.508 e. The van der Waals surface area contributed by atoms with Crippen molar-refractivity contribution in [3.05, 3.63) is 59.2 Å². The standard InChI is InChI=1S/C20H25N3O3/c1-13-4-9-16(19(25)21-3)12-18(13)23-20(26)22-14(2)5-6-15-7-10-17(24)11-8-15/h4,7-12,14,24H,5-6H2,1-3H3,(H,21,25)(H2,22,23,26)/t14-/m0/s1. The maximum Gasteiger partial charge on any atom is 0.319 e. The second-order valence-electron chi connectivity index (χ2n) is 6.31. The summed E-state index contributed by atoms with van der Waals surface area (Å²) >= 11 is 0. The summed E-state index contributed by atoms with van der Waals surface area (Å²) in [5.41, 5.74) is 3.08. The van der Waals surface area contributed by atoms with Crippen molar-refractivity contribution in [2.45, 2.75) is 32.7 Å². The van der Waals surface area contributed by atoms with Crippen LogP contribution in [0.5, 0.6) is 5.75 Å². The van der Waals surface area contributed by atoms with Gasteiger partial charge in [0.05, 0.1) is 0 Å². The van der Waals surface area contributed by atoms with E-state index in [-0.39, 0.29) is 23.7 Å². The quantitative estimate of drug-likeness (QED) is 0.641. The minimum absolute atomic E-state index is 0.0220. The van der Waals surface area contributed by atoms with Gasteiger partial charge in [0.25, 0.3) is 5.91 Å². The number of anilines is 1. The average Bonchev–Trinajstić information content (AvgIpc) is 2.62. The fraction of sp³-hybridized carbons (Fsp3) is 0.300. The highest BCUT2D eigenvalue weighted by atomic mass is 16.3. The van der Waals surface area contributed by atoms with Crippen molar-refractivity contribution in [3.63, 3.8) is 0 Å². The van der Waals surface area contributed by atoms with Crippen LogP contribution in [-0.2, 0) is 6.42 Å². The molecular formula is C20H25N3O3. The lowest BCUT2D eigenvalue weighted by Crippen LogP contribution is -2.36. The average molecular weight is 355 g/mol. The number of rotatable bonds is 6. The number of phenols is 1. The van der Waals surface area contributed by atoms with E-state index in [1.807, 2.05) is 26.0 Å². The van der Waals surface area contributed by atoms with E-state index in [0.717, 1.165) is 24.0 Å². The number of phenolic OH excluding ortho intramolecular Hbond substituents is 1. The van der Waals surface area contributed by atoms with E-state index in [2.05, 4.69) is 16.0 Å². The number of aromatic hydroxyl groups is 1. The summed E-state index contributed by atoms with van der Waals surface area (Å²) in [6.45, 7) is 3.81. The third kappa shape index (κ3) is 5.51. The van der Waals surface area contributed by atoms with Crippen LogP contribution in [0.3, 0.4) is 0 Å². The van der Waals surface area contributed by atoms with Gasteiger partial charge in [0, 0.05) is 24.3 Å². The van der Waals surface area contributed by atoms with E-state index in [1.54, 1.807) is 37.4 Å². The van der Waals surface area contributed by atoms with E-state index in [1.165, 1.54) is 0 Å². The molecule has 0 fully saturated rings. The van der Waals surface area contributed by atoms with Crippen molar-refractivity contribution < 1.29 is 14.7 Å². The molecule has 0 aliphatic carbocycles. The molecule has 26 heavy (non-hydrogen) atoms. The lowest BCUT2D eigenvalue weighted by atomic mass is 10.1. The molecule has 2 aromatic rings. The van der Waals surface area contributed by atoms with Crippen LogP contribution in [0.1, 0.15) is 34.8 Å². The number of carbonyl (C=O) groups excluding carboxylic acids is 2. The number of benzene rings is 2. The van der Waals surface area contributed by atoms with Gasteiger partial charge in [-0.2, -0.15) is 0 Å². The van der Waals surface area contributed by atoms with Gasteiger partial charge in [-0.1, -0.05) is 18.2 Å². The predicted octanol–water partition coefficient (Wildman–Crippen LogP) is 3.20. The molecule has 3 amide bonds. The molecule has 6 nitrogen and oxygen atoms in total. The van der Waals surface area contributed by atoms with Crippen molar-refractivity contribution in [1.29, 1.82) is 0 Å². The first-order valence-corrected chi connectivity index (χ1v) is 8.57. The maximum absolute atomic E-state index is 12.2. The maximum atomic E-state index is 12.2. The van der Waals surface area contributed by atoms with Gasteiger partial charge < -0.3 is 21.1 Å². The van der Waals surface area contributed by atoms with Gasteiger partial charge in [-0.25, -0.2) is 4.79 Å². The topological polar surface area (TPSA) is 90.5 Å². The predicted molar refractivity (Wildman–Crippen MR) is 103 cm³/mol. The number of hydrogen-bond acceptors (Lipinski definition) is 3. The van der Waals surface area contributed by atoms with Gasteiger partial charge in [0.1, 0.15) is 5.75 Å². The molecule has 0 bridgehead atoms. The molecular weight excluding hydrogens is 330 g/mol. The summed E-state index contributed by atoms with van der Waals surface area (Å²) in [5.74, 6) is 0.0457. The molecule has 6 heteroatoms. The van der Waals surface area contributed by atoms with Gasteiger partial charge in [-0.05, 0) is 62.1 Å². The fourth-order valence-electron chi connectivity index (χ4n) is 2.54.